The average molecular weight is 493 g/mol. The minimum atomic E-state index is -0.620. The molecule has 2 amide bonds. The molecule has 34 heavy (non-hydrogen) atoms. The summed E-state index contributed by atoms with van der Waals surface area (Å²) in [7, 11) is 0. The summed E-state index contributed by atoms with van der Waals surface area (Å²) in [5.74, 6) is 0.247. The van der Waals surface area contributed by atoms with Crippen molar-refractivity contribution in [3.63, 3.8) is 0 Å². The van der Waals surface area contributed by atoms with Gasteiger partial charge >= 0.3 is 0 Å². The van der Waals surface area contributed by atoms with Gasteiger partial charge in [-0.3, -0.25) is 9.59 Å². The summed E-state index contributed by atoms with van der Waals surface area (Å²) in [5, 5.41) is 8.97. The number of piperidine rings is 1. The van der Waals surface area contributed by atoms with E-state index in [-0.39, 0.29) is 30.9 Å². The highest BCUT2D eigenvalue weighted by Crippen LogP contribution is 2.23. The van der Waals surface area contributed by atoms with Gasteiger partial charge in [0.05, 0.1) is 24.8 Å². The molecule has 3 heterocycles. The first-order chi connectivity index (χ1) is 16.6. The van der Waals surface area contributed by atoms with Gasteiger partial charge in [0.15, 0.2) is 0 Å². The number of unbranched alkanes of at least 4 members (excludes halogenated alkanes) is 1. The van der Waals surface area contributed by atoms with E-state index in [9.17, 15) is 14.0 Å². The summed E-state index contributed by atoms with van der Waals surface area (Å²) in [6.07, 6.45) is 5.25. The third kappa shape index (κ3) is 8.00. The molecule has 0 radical (unpaired) electrons. The van der Waals surface area contributed by atoms with Gasteiger partial charge in [-0.15, -0.1) is 11.3 Å². The third-order valence-electron chi connectivity index (χ3n) is 5.55. The van der Waals surface area contributed by atoms with Crippen LogP contribution < -0.4 is 16.4 Å². The van der Waals surface area contributed by atoms with Crippen LogP contribution in [0.3, 0.4) is 0 Å². The molecular formula is C23H33FN6O3S. The normalized spacial score (nSPS) is 15.8. The molecule has 2 aromatic rings. The van der Waals surface area contributed by atoms with Crippen LogP contribution in [0.4, 0.5) is 10.2 Å². The molecule has 0 aliphatic carbocycles. The summed E-state index contributed by atoms with van der Waals surface area (Å²) >= 11 is 1.48. The molecule has 1 atom stereocenters. The number of pyridine rings is 1. The number of thiazole rings is 1. The van der Waals surface area contributed by atoms with Gasteiger partial charge in [0.2, 0.25) is 11.8 Å². The fourth-order valence-corrected chi connectivity index (χ4v) is 4.43. The van der Waals surface area contributed by atoms with Crippen molar-refractivity contribution >= 4 is 29.0 Å². The van der Waals surface area contributed by atoms with E-state index in [1.165, 1.54) is 11.3 Å². The van der Waals surface area contributed by atoms with E-state index in [1.54, 1.807) is 11.1 Å². The predicted octanol–water partition coefficient (Wildman–Crippen LogP) is 2.20. The summed E-state index contributed by atoms with van der Waals surface area (Å²) in [6, 6.07) is 3.90. The van der Waals surface area contributed by atoms with Crippen LogP contribution in [0.25, 0.3) is 11.3 Å². The van der Waals surface area contributed by atoms with Crippen LogP contribution >= 0.6 is 11.3 Å². The van der Waals surface area contributed by atoms with Crippen LogP contribution in [0.15, 0.2) is 23.7 Å². The van der Waals surface area contributed by atoms with E-state index in [0.29, 0.717) is 26.2 Å². The summed E-state index contributed by atoms with van der Waals surface area (Å²) in [4.78, 5) is 35.5. The molecule has 0 bridgehead atoms. The number of halogens is 1. The van der Waals surface area contributed by atoms with Crippen LogP contribution in [0.2, 0.25) is 0 Å². The number of rotatable bonds is 13. The lowest BCUT2D eigenvalue weighted by Crippen LogP contribution is -2.46. The largest absolute Gasteiger partial charge is 0.370 e. The van der Waals surface area contributed by atoms with Crippen molar-refractivity contribution < 1.29 is 18.7 Å². The number of nitrogens with one attached hydrogen (secondary N) is 2. The number of amides is 2. The van der Waals surface area contributed by atoms with Gasteiger partial charge < -0.3 is 26.0 Å². The zero-order valence-electron chi connectivity index (χ0n) is 19.3. The quantitative estimate of drug-likeness (QED) is 0.366. The number of nitrogens with zero attached hydrogens (tertiary/aromatic N) is 3. The number of nitrogens with two attached hydrogens (primary N) is 1. The number of hydrogen-bond acceptors (Lipinski definition) is 8. The molecule has 0 spiro atoms. The molecular weight excluding hydrogens is 459 g/mol. The molecule has 4 N–H and O–H groups in total. The Balaban J connectivity index is 1.45. The fraction of sp³-hybridized carbons (Fsp3) is 0.565. The highest BCUT2D eigenvalue weighted by molar-refractivity contribution is 7.09. The first-order valence-electron chi connectivity index (χ1n) is 11.6. The molecule has 9 nitrogen and oxygen atoms in total. The van der Waals surface area contributed by atoms with Crippen LogP contribution in [-0.4, -0.2) is 72.7 Å². The van der Waals surface area contributed by atoms with Gasteiger partial charge in [0.25, 0.3) is 0 Å². The summed E-state index contributed by atoms with van der Waals surface area (Å²) in [5.41, 5.74) is 7.24. The lowest BCUT2D eigenvalue weighted by Gasteiger charge is -2.32. The molecule has 0 unspecified atom stereocenters. The number of carbonyl (C=O) groups is 2. The van der Waals surface area contributed by atoms with Crippen LogP contribution in [0.5, 0.6) is 0 Å². The number of aromatic nitrogens is 2. The van der Waals surface area contributed by atoms with E-state index in [1.807, 2.05) is 17.5 Å². The maximum atomic E-state index is 12.7. The maximum absolute atomic E-state index is 12.7. The Morgan fingerprint density at radius 2 is 2.21 bits per heavy atom. The number of alkyl halides is 1. The molecule has 0 saturated carbocycles. The molecule has 2 aromatic heterocycles. The Bertz CT molecular complexity index is 910. The zero-order valence-corrected chi connectivity index (χ0v) is 20.1. The van der Waals surface area contributed by atoms with Gasteiger partial charge in [-0.1, -0.05) is 0 Å². The second-order valence-electron chi connectivity index (χ2n) is 8.12. The van der Waals surface area contributed by atoms with E-state index >= 15 is 0 Å². The Hall–Kier alpha value is -2.63. The van der Waals surface area contributed by atoms with Crippen molar-refractivity contribution in [3.8, 4) is 11.3 Å². The average Bonchev–Trinajstić information content (AvgIpc) is 3.35. The van der Waals surface area contributed by atoms with Gasteiger partial charge in [0, 0.05) is 36.8 Å². The standard InChI is InChI=1S/C23H33FN6O3S/c24-7-11-33-15-22(31)30-10-3-4-18(14-30)23(32)28-13-21-29-19(16-34-21)17-5-6-20(27-12-17)26-9-2-1-8-25/h5-6,12,16,18H,1-4,7-11,13-15,25H2,(H,26,27)(H,28,32)/t18-/m0/s1. The van der Waals surface area contributed by atoms with Crippen molar-refractivity contribution in [2.24, 2.45) is 11.7 Å². The van der Waals surface area contributed by atoms with E-state index in [0.717, 1.165) is 54.3 Å². The molecule has 1 saturated heterocycles. The Labute approximate surface area is 203 Å². The lowest BCUT2D eigenvalue weighted by molar-refractivity contribution is -0.139. The SMILES string of the molecule is NCCCCNc1ccc(-c2csc(CNC(=O)[C@H]3CCCN(C(=O)COCCF)C3)n2)cn1. The minimum Gasteiger partial charge on any atom is -0.370 e. The van der Waals surface area contributed by atoms with Crippen molar-refractivity contribution in [3.05, 3.63) is 28.7 Å². The van der Waals surface area contributed by atoms with E-state index < -0.39 is 6.67 Å². The molecule has 1 aliphatic heterocycles. The summed E-state index contributed by atoms with van der Waals surface area (Å²) < 4.78 is 17.1. The number of anilines is 1. The maximum Gasteiger partial charge on any atom is 0.248 e. The van der Waals surface area contributed by atoms with Gasteiger partial charge in [-0.2, -0.15) is 0 Å². The Morgan fingerprint density at radius 1 is 1.32 bits per heavy atom. The zero-order chi connectivity index (χ0) is 24.2. The predicted molar refractivity (Wildman–Crippen MR) is 130 cm³/mol. The van der Waals surface area contributed by atoms with Gasteiger partial charge in [-0.25, -0.2) is 14.4 Å². The Kier molecular flexibility index (Phi) is 10.6. The fourth-order valence-electron chi connectivity index (χ4n) is 3.69. The van der Waals surface area contributed by atoms with E-state index in [4.69, 9.17) is 10.5 Å². The van der Waals surface area contributed by atoms with Crippen LogP contribution in [0, 0.1) is 5.92 Å². The van der Waals surface area contributed by atoms with Crippen LogP contribution in [0.1, 0.15) is 30.7 Å². The number of carbonyl (C=O) groups excluding carboxylic acids is 2. The second-order valence-corrected chi connectivity index (χ2v) is 9.06. The number of likely N-dealkylation sites (tertiary alicyclic amines) is 1. The van der Waals surface area contributed by atoms with Crippen molar-refractivity contribution in [2.45, 2.75) is 32.2 Å². The van der Waals surface area contributed by atoms with Crippen molar-refractivity contribution in [1.82, 2.24) is 20.2 Å². The highest BCUT2D eigenvalue weighted by Gasteiger charge is 2.28. The van der Waals surface area contributed by atoms with Crippen molar-refractivity contribution in [1.29, 1.82) is 0 Å². The number of hydrogen-bond donors (Lipinski definition) is 3. The summed E-state index contributed by atoms with van der Waals surface area (Å²) in [6.45, 7) is 1.94. The molecule has 11 heteroatoms. The van der Waals surface area contributed by atoms with Crippen LogP contribution in [-0.2, 0) is 20.9 Å². The minimum absolute atomic E-state index is 0.0916. The van der Waals surface area contributed by atoms with Crippen molar-refractivity contribution in [2.75, 3.05) is 51.4 Å². The molecule has 1 aliphatic rings. The molecule has 186 valence electrons. The van der Waals surface area contributed by atoms with Gasteiger partial charge in [-0.05, 0) is 44.4 Å². The third-order valence-corrected chi connectivity index (χ3v) is 6.40. The monoisotopic (exact) mass is 492 g/mol. The smallest absolute Gasteiger partial charge is 0.248 e. The first kappa shape index (κ1) is 26.0. The second kappa shape index (κ2) is 13.9. The molecule has 3 rings (SSSR count). The van der Waals surface area contributed by atoms with Gasteiger partial charge in [0.1, 0.15) is 24.1 Å². The topological polar surface area (TPSA) is 122 Å². The highest BCUT2D eigenvalue weighted by atomic mass is 32.1. The first-order valence-corrected chi connectivity index (χ1v) is 12.5. The Morgan fingerprint density at radius 3 is 2.97 bits per heavy atom. The molecule has 0 aromatic carbocycles. The van der Waals surface area contributed by atoms with E-state index in [2.05, 4.69) is 20.6 Å². The number of ether oxygens (including phenoxy) is 1. The molecule has 1 fully saturated rings. The lowest BCUT2D eigenvalue weighted by atomic mass is 9.97.